The van der Waals surface area contributed by atoms with Gasteiger partial charge in [0, 0.05) is 29.4 Å². The normalized spacial score (nSPS) is 11.9. The van der Waals surface area contributed by atoms with Crippen molar-refractivity contribution < 1.29 is 14.6 Å². The van der Waals surface area contributed by atoms with Gasteiger partial charge in [-0.1, -0.05) is 42.5 Å². The molecule has 36 heavy (non-hydrogen) atoms. The lowest BCUT2D eigenvalue weighted by Gasteiger charge is -2.15. The number of carboxylic acid groups (broad SMARTS) is 1. The number of carbonyl (C=O) groups is 1. The van der Waals surface area contributed by atoms with Gasteiger partial charge >= 0.3 is 5.97 Å². The maximum Gasteiger partial charge on any atom is 0.310 e. The molecule has 3 aromatic carbocycles. The quantitative estimate of drug-likeness (QED) is 0.334. The third kappa shape index (κ3) is 4.14. The van der Waals surface area contributed by atoms with E-state index in [4.69, 9.17) is 15.1 Å². The topological polar surface area (TPSA) is 101 Å². The fourth-order valence-corrected chi connectivity index (χ4v) is 4.71. The molecule has 7 nitrogen and oxygen atoms in total. The van der Waals surface area contributed by atoms with Crippen molar-refractivity contribution in [2.24, 2.45) is 7.05 Å². The molecule has 2 heterocycles. The average Bonchev–Trinajstić information content (AvgIpc) is 3.25. The van der Waals surface area contributed by atoms with Crippen LogP contribution >= 0.6 is 0 Å². The smallest absolute Gasteiger partial charge is 0.310 e. The number of hydrogen-bond acceptors (Lipinski definition) is 5. The second-order valence-corrected chi connectivity index (χ2v) is 8.70. The van der Waals surface area contributed by atoms with Crippen LogP contribution in [0.25, 0.3) is 33.1 Å². The first-order chi connectivity index (χ1) is 17.5. The van der Waals surface area contributed by atoms with E-state index in [9.17, 15) is 9.90 Å². The summed E-state index contributed by atoms with van der Waals surface area (Å²) in [5.74, 6) is -0.788. The zero-order chi connectivity index (χ0) is 25.2. The fraction of sp³-hybridized carbons (Fsp3) is 0.172. The van der Waals surface area contributed by atoms with Gasteiger partial charge in [0.1, 0.15) is 11.4 Å². The number of rotatable bonds is 7. The number of aryl methyl sites for hydroxylation is 2. The zero-order valence-corrected chi connectivity index (χ0v) is 20.0. The summed E-state index contributed by atoms with van der Waals surface area (Å²) < 4.78 is 7.47. The van der Waals surface area contributed by atoms with Gasteiger partial charge in [0.25, 0.3) is 0 Å². The minimum absolute atomic E-state index is 0.431. The molecular weight excluding hydrogens is 452 g/mol. The number of aromatic nitrogens is 3. The number of hydrogen-bond donors (Lipinski definition) is 1. The number of ether oxygens (including phenoxy) is 1. The van der Waals surface area contributed by atoms with Crippen LogP contribution in [-0.2, 0) is 18.3 Å². The lowest BCUT2D eigenvalue weighted by Crippen LogP contribution is -2.12. The second kappa shape index (κ2) is 9.51. The van der Waals surface area contributed by atoms with E-state index in [0.29, 0.717) is 24.2 Å². The van der Waals surface area contributed by atoms with Crippen molar-refractivity contribution in [1.82, 2.24) is 14.8 Å². The van der Waals surface area contributed by atoms with Gasteiger partial charge in [0.15, 0.2) is 0 Å². The molecule has 0 amide bonds. The van der Waals surface area contributed by atoms with E-state index in [0.717, 1.165) is 44.2 Å². The molecule has 0 saturated heterocycles. The molecule has 0 saturated carbocycles. The predicted molar refractivity (Wildman–Crippen MR) is 138 cm³/mol. The van der Waals surface area contributed by atoms with Crippen molar-refractivity contribution >= 4 is 27.8 Å². The monoisotopic (exact) mass is 476 g/mol. The van der Waals surface area contributed by atoms with Gasteiger partial charge in [-0.15, -0.1) is 0 Å². The number of nitriles is 1. The number of fused-ring (bicyclic) bond motifs is 3. The Bertz CT molecular complexity index is 1620. The summed E-state index contributed by atoms with van der Waals surface area (Å²) >= 11 is 0. The summed E-state index contributed by atoms with van der Waals surface area (Å²) in [6.45, 7) is 0. The number of pyridine rings is 1. The molecule has 0 aliphatic carbocycles. The average molecular weight is 477 g/mol. The summed E-state index contributed by atoms with van der Waals surface area (Å²) in [6.07, 6.45) is 2.75. The first-order valence-corrected chi connectivity index (χ1v) is 11.6. The highest BCUT2D eigenvalue weighted by molar-refractivity contribution is 6.11. The van der Waals surface area contributed by atoms with Crippen molar-refractivity contribution in [3.05, 3.63) is 89.6 Å². The lowest BCUT2D eigenvalue weighted by atomic mass is 9.91. The maximum absolute atomic E-state index is 12.0. The molecule has 5 rings (SSSR count). The largest absolute Gasteiger partial charge is 0.496 e. The second-order valence-electron chi connectivity index (χ2n) is 8.70. The van der Waals surface area contributed by atoms with Crippen LogP contribution in [0, 0.1) is 11.3 Å². The summed E-state index contributed by atoms with van der Waals surface area (Å²) in [7, 11) is 3.49. The highest BCUT2D eigenvalue weighted by Gasteiger charge is 2.22. The zero-order valence-electron chi connectivity index (χ0n) is 20.0. The van der Waals surface area contributed by atoms with E-state index < -0.39 is 11.9 Å². The molecule has 0 radical (unpaired) electrons. The van der Waals surface area contributed by atoms with Gasteiger partial charge in [0.2, 0.25) is 0 Å². The van der Waals surface area contributed by atoms with Gasteiger partial charge in [0.05, 0.1) is 41.9 Å². The highest BCUT2D eigenvalue weighted by Crippen LogP contribution is 2.36. The Kier molecular flexibility index (Phi) is 6.09. The SMILES string of the molecule is COc1cc2ncc3c(c(-c4ccc(C#N)cc4)nn3C)c2cc1CCC(C(=O)O)c1ccccc1. The first-order valence-electron chi connectivity index (χ1n) is 11.6. The number of aliphatic carboxylic acids is 1. The van der Waals surface area contributed by atoms with Crippen molar-refractivity contribution in [3.63, 3.8) is 0 Å². The summed E-state index contributed by atoms with van der Waals surface area (Å²) in [6, 6.07) is 22.7. The summed E-state index contributed by atoms with van der Waals surface area (Å²) in [4.78, 5) is 16.7. The Hall–Kier alpha value is -4.70. The number of carboxylic acids is 1. The Morgan fingerprint density at radius 3 is 2.56 bits per heavy atom. The van der Waals surface area contributed by atoms with Crippen LogP contribution in [0.4, 0.5) is 0 Å². The Morgan fingerprint density at radius 1 is 1.14 bits per heavy atom. The third-order valence-electron chi connectivity index (χ3n) is 6.58. The molecule has 5 aromatic rings. The van der Waals surface area contributed by atoms with Crippen LogP contribution in [-0.4, -0.2) is 33.0 Å². The number of nitrogens with zero attached hydrogens (tertiary/aromatic N) is 4. The van der Waals surface area contributed by atoms with E-state index in [1.165, 1.54) is 0 Å². The van der Waals surface area contributed by atoms with Crippen LogP contribution in [0.15, 0.2) is 72.9 Å². The minimum atomic E-state index is -0.847. The maximum atomic E-state index is 12.0. The number of methoxy groups -OCH3 is 1. The van der Waals surface area contributed by atoms with Gasteiger partial charge < -0.3 is 9.84 Å². The van der Waals surface area contributed by atoms with E-state index in [2.05, 4.69) is 11.1 Å². The molecule has 178 valence electrons. The molecule has 0 aliphatic heterocycles. The van der Waals surface area contributed by atoms with Crippen LogP contribution in [0.2, 0.25) is 0 Å². The van der Waals surface area contributed by atoms with Gasteiger partial charge in [-0.25, -0.2) is 0 Å². The molecular formula is C29H24N4O3. The Balaban J connectivity index is 1.62. The molecule has 2 aromatic heterocycles. The summed E-state index contributed by atoms with van der Waals surface area (Å²) in [5.41, 5.74) is 5.63. The molecule has 0 fully saturated rings. The van der Waals surface area contributed by atoms with Crippen molar-refractivity contribution in [3.8, 4) is 23.1 Å². The Labute approximate surface area is 208 Å². The summed E-state index contributed by atoms with van der Waals surface area (Å²) in [5, 5.41) is 25.7. The van der Waals surface area contributed by atoms with Crippen molar-refractivity contribution in [2.75, 3.05) is 7.11 Å². The van der Waals surface area contributed by atoms with Crippen LogP contribution < -0.4 is 4.74 Å². The van der Waals surface area contributed by atoms with Crippen molar-refractivity contribution in [1.29, 1.82) is 5.26 Å². The molecule has 1 unspecified atom stereocenters. The molecule has 7 heteroatoms. The molecule has 1 atom stereocenters. The van der Waals surface area contributed by atoms with E-state index >= 15 is 0 Å². The van der Waals surface area contributed by atoms with Crippen molar-refractivity contribution in [2.45, 2.75) is 18.8 Å². The van der Waals surface area contributed by atoms with Gasteiger partial charge in [-0.05, 0) is 42.2 Å². The number of benzene rings is 3. The van der Waals surface area contributed by atoms with Gasteiger partial charge in [-0.3, -0.25) is 14.5 Å². The Morgan fingerprint density at radius 2 is 1.89 bits per heavy atom. The molecule has 0 bridgehead atoms. The fourth-order valence-electron chi connectivity index (χ4n) is 4.71. The van der Waals surface area contributed by atoms with Gasteiger partial charge in [-0.2, -0.15) is 10.4 Å². The molecule has 0 spiro atoms. The van der Waals surface area contributed by atoms with E-state index in [1.54, 1.807) is 30.1 Å². The molecule has 0 aliphatic rings. The van der Waals surface area contributed by atoms with Crippen LogP contribution in [0.3, 0.4) is 0 Å². The van der Waals surface area contributed by atoms with Crippen LogP contribution in [0.1, 0.15) is 29.0 Å². The minimum Gasteiger partial charge on any atom is -0.496 e. The standard InChI is InChI=1S/C29H24N4O3/c1-33-25-17-31-24-15-26(36-2)21(12-13-22(29(34)35)19-6-4-3-5-7-19)14-23(24)27(25)28(32-33)20-10-8-18(16-30)9-11-20/h3-11,14-15,17,22H,12-13H2,1-2H3,(H,34,35). The van der Waals surface area contributed by atoms with E-state index in [1.807, 2.05) is 61.6 Å². The highest BCUT2D eigenvalue weighted by atomic mass is 16.5. The van der Waals surface area contributed by atoms with Crippen LogP contribution in [0.5, 0.6) is 5.75 Å². The predicted octanol–water partition coefficient (Wildman–Crippen LogP) is 5.47. The first kappa shape index (κ1) is 23.1. The molecule has 1 N–H and O–H groups in total. The lowest BCUT2D eigenvalue weighted by molar-refractivity contribution is -0.138. The van der Waals surface area contributed by atoms with E-state index in [-0.39, 0.29) is 0 Å². The third-order valence-corrected chi connectivity index (χ3v) is 6.58.